The third-order valence-electron chi connectivity index (χ3n) is 2.87. The summed E-state index contributed by atoms with van der Waals surface area (Å²) in [7, 11) is -3.18. The van der Waals surface area contributed by atoms with Crippen LogP contribution < -0.4 is 4.90 Å². The molecule has 1 fully saturated rings. The van der Waals surface area contributed by atoms with Gasteiger partial charge in [-0.2, -0.15) is 4.31 Å². The Balaban J connectivity index is 2.10. The minimum atomic E-state index is -3.18. The summed E-state index contributed by atoms with van der Waals surface area (Å²) in [5.74, 6) is -0.683. The van der Waals surface area contributed by atoms with E-state index in [1.54, 1.807) is 0 Å². The monoisotopic (exact) mass is 286 g/mol. The highest BCUT2D eigenvalue weighted by Crippen LogP contribution is 2.14. The lowest BCUT2D eigenvalue weighted by atomic mass is 10.3. The van der Waals surface area contributed by atoms with E-state index in [0.29, 0.717) is 32.0 Å². The van der Waals surface area contributed by atoms with E-state index in [0.717, 1.165) is 0 Å². The van der Waals surface area contributed by atoms with Crippen LogP contribution in [0.2, 0.25) is 0 Å². The second-order valence-electron chi connectivity index (χ2n) is 4.22. The van der Waals surface area contributed by atoms with Gasteiger partial charge in [-0.1, -0.05) is 0 Å². The maximum absolute atomic E-state index is 11.4. The molecule has 0 amide bonds. The summed E-state index contributed by atoms with van der Waals surface area (Å²) in [6, 6.07) is 0. The molecular weight excluding hydrogens is 272 g/mol. The van der Waals surface area contributed by atoms with E-state index in [-0.39, 0.29) is 5.69 Å². The average Bonchev–Trinajstić information content (AvgIpc) is 2.38. The molecule has 0 unspecified atom stereocenters. The fourth-order valence-electron chi connectivity index (χ4n) is 1.86. The van der Waals surface area contributed by atoms with Crippen molar-refractivity contribution < 1.29 is 18.3 Å². The number of hydrogen-bond donors (Lipinski definition) is 1. The summed E-state index contributed by atoms with van der Waals surface area (Å²) in [4.78, 5) is 20.4. The number of anilines is 1. The molecule has 2 rings (SSSR count). The number of carboxylic acids is 1. The first-order chi connectivity index (χ1) is 8.88. The predicted octanol–water partition coefficient (Wildman–Crippen LogP) is -0.744. The van der Waals surface area contributed by atoms with Gasteiger partial charge in [0.05, 0.1) is 18.6 Å². The molecule has 0 radical (unpaired) electrons. The van der Waals surface area contributed by atoms with Gasteiger partial charge in [0.2, 0.25) is 10.0 Å². The normalized spacial score (nSPS) is 17.4. The smallest absolute Gasteiger partial charge is 0.356 e. The highest BCUT2D eigenvalue weighted by molar-refractivity contribution is 7.88. The lowest BCUT2D eigenvalue weighted by Gasteiger charge is -2.33. The van der Waals surface area contributed by atoms with Crippen molar-refractivity contribution in [1.29, 1.82) is 0 Å². The fraction of sp³-hybridized carbons (Fsp3) is 0.500. The van der Waals surface area contributed by atoms with Gasteiger partial charge < -0.3 is 10.0 Å². The SMILES string of the molecule is CS(=O)(=O)N1CCN(c2cncc(C(=O)O)n2)CC1. The van der Waals surface area contributed by atoms with Crippen LogP contribution in [-0.4, -0.2) is 66.2 Å². The molecule has 1 aliphatic rings. The van der Waals surface area contributed by atoms with Crippen molar-refractivity contribution in [3.8, 4) is 0 Å². The van der Waals surface area contributed by atoms with Crippen molar-refractivity contribution in [3.63, 3.8) is 0 Å². The molecule has 1 N–H and O–H groups in total. The summed E-state index contributed by atoms with van der Waals surface area (Å²) >= 11 is 0. The molecule has 2 heterocycles. The first-order valence-electron chi connectivity index (χ1n) is 5.63. The van der Waals surface area contributed by atoms with Gasteiger partial charge in [-0.05, 0) is 0 Å². The summed E-state index contributed by atoms with van der Waals surface area (Å²) in [5.41, 5.74) is -0.122. The van der Waals surface area contributed by atoms with Crippen molar-refractivity contribution in [2.45, 2.75) is 0 Å². The first-order valence-corrected chi connectivity index (χ1v) is 7.48. The van der Waals surface area contributed by atoms with Crippen molar-refractivity contribution >= 4 is 21.8 Å². The first kappa shape index (κ1) is 13.7. The van der Waals surface area contributed by atoms with Gasteiger partial charge in [0.15, 0.2) is 5.69 Å². The molecule has 9 heteroatoms. The molecule has 0 bridgehead atoms. The number of carboxylic acid groups (broad SMARTS) is 1. The molecule has 0 aliphatic carbocycles. The van der Waals surface area contributed by atoms with Crippen LogP contribution in [0.15, 0.2) is 12.4 Å². The summed E-state index contributed by atoms with van der Waals surface area (Å²) in [6.45, 7) is 1.64. The van der Waals surface area contributed by atoms with E-state index in [9.17, 15) is 13.2 Å². The Morgan fingerprint density at radius 2 is 1.89 bits per heavy atom. The number of rotatable bonds is 3. The molecule has 0 spiro atoms. The third-order valence-corrected chi connectivity index (χ3v) is 4.18. The number of sulfonamides is 1. The molecule has 0 atom stereocenters. The van der Waals surface area contributed by atoms with Gasteiger partial charge in [-0.3, -0.25) is 4.98 Å². The van der Waals surface area contributed by atoms with E-state index < -0.39 is 16.0 Å². The maximum Gasteiger partial charge on any atom is 0.356 e. The standard InChI is InChI=1S/C10H14N4O4S/c1-19(17,18)14-4-2-13(3-5-14)9-7-11-6-8(12-9)10(15)16/h6-7H,2-5H2,1H3,(H,15,16). The van der Waals surface area contributed by atoms with E-state index in [4.69, 9.17) is 5.11 Å². The van der Waals surface area contributed by atoms with E-state index in [1.807, 2.05) is 4.90 Å². The molecule has 104 valence electrons. The molecule has 0 saturated carbocycles. The molecule has 1 aromatic heterocycles. The highest BCUT2D eigenvalue weighted by Gasteiger charge is 2.24. The van der Waals surface area contributed by atoms with Gasteiger partial charge in [-0.25, -0.2) is 18.2 Å². The van der Waals surface area contributed by atoms with Crippen LogP contribution in [0, 0.1) is 0 Å². The zero-order valence-electron chi connectivity index (χ0n) is 10.4. The van der Waals surface area contributed by atoms with Gasteiger partial charge in [-0.15, -0.1) is 0 Å². The Bertz CT molecular complexity index is 581. The Morgan fingerprint density at radius 1 is 1.26 bits per heavy atom. The quantitative estimate of drug-likeness (QED) is 0.780. The third kappa shape index (κ3) is 3.18. The summed E-state index contributed by atoms with van der Waals surface area (Å²) < 4.78 is 24.1. The summed E-state index contributed by atoms with van der Waals surface area (Å²) in [6.07, 6.45) is 3.83. The zero-order chi connectivity index (χ0) is 14.0. The molecule has 1 aromatic rings. The number of aromatic carboxylic acids is 1. The second kappa shape index (κ2) is 5.10. The Hall–Kier alpha value is -1.74. The van der Waals surface area contributed by atoms with Crippen LogP contribution in [-0.2, 0) is 10.0 Å². The largest absolute Gasteiger partial charge is 0.476 e. The molecular formula is C10H14N4O4S. The van der Waals surface area contributed by atoms with Crippen LogP contribution in [0.1, 0.15) is 10.5 Å². The average molecular weight is 286 g/mol. The minimum Gasteiger partial charge on any atom is -0.476 e. The fourth-order valence-corrected chi connectivity index (χ4v) is 2.69. The van der Waals surface area contributed by atoms with Gasteiger partial charge in [0.25, 0.3) is 0 Å². The molecule has 1 aliphatic heterocycles. The number of carbonyl (C=O) groups is 1. The highest BCUT2D eigenvalue weighted by atomic mass is 32.2. The molecule has 1 saturated heterocycles. The lowest BCUT2D eigenvalue weighted by Crippen LogP contribution is -2.48. The van der Waals surface area contributed by atoms with Gasteiger partial charge in [0, 0.05) is 26.2 Å². The Morgan fingerprint density at radius 3 is 2.42 bits per heavy atom. The summed E-state index contributed by atoms with van der Waals surface area (Å²) in [5, 5.41) is 8.85. The number of piperazine rings is 1. The number of hydrogen-bond acceptors (Lipinski definition) is 6. The molecule has 0 aromatic carbocycles. The topological polar surface area (TPSA) is 104 Å². The molecule has 8 nitrogen and oxygen atoms in total. The van der Waals surface area contributed by atoms with Crippen LogP contribution in [0.25, 0.3) is 0 Å². The lowest BCUT2D eigenvalue weighted by molar-refractivity contribution is 0.0690. The molecule has 19 heavy (non-hydrogen) atoms. The van der Waals surface area contributed by atoms with Crippen LogP contribution in [0.3, 0.4) is 0 Å². The van der Waals surface area contributed by atoms with Crippen molar-refractivity contribution in [3.05, 3.63) is 18.1 Å². The van der Waals surface area contributed by atoms with E-state index >= 15 is 0 Å². The van der Waals surface area contributed by atoms with Crippen LogP contribution in [0.5, 0.6) is 0 Å². The van der Waals surface area contributed by atoms with E-state index in [1.165, 1.54) is 23.0 Å². The van der Waals surface area contributed by atoms with E-state index in [2.05, 4.69) is 9.97 Å². The van der Waals surface area contributed by atoms with Crippen molar-refractivity contribution in [1.82, 2.24) is 14.3 Å². The van der Waals surface area contributed by atoms with Crippen LogP contribution in [0.4, 0.5) is 5.82 Å². The van der Waals surface area contributed by atoms with Gasteiger partial charge in [0.1, 0.15) is 5.82 Å². The van der Waals surface area contributed by atoms with Gasteiger partial charge >= 0.3 is 5.97 Å². The second-order valence-corrected chi connectivity index (χ2v) is 6.20. The maximum atomic E-state index is 11.4. The van der Waals surface area contributed by atoms with Crippen molar-refractivity contribution in [2.75, 3.05) is 37.3 Å². The minimum absolute atomic E-state index is 0.122. The number of aromatic nitrogens is 2. The van der Waals surface area contributed by atoms with Crippen molar-refractivity contribution in [2.24, 2.45) is 0 Å². The Labute approximate surface area is 110 Å². The number of nitrogens with zero attached hydrogens (tertiary/aromatic N) is 4. The zero-order valence-corrected chi connectivity index (χ0v) is 11.2. The van der Waals surface area contributed by atoms with Crippen LogP contribution >= 0.6 is 0 Å². The predicted molar refractivity (Wildman–Crippen MR) is 67.6 cm³/mol. The Kier molecular flexibility index (Phi) is 3.67.